The highest BCUT2D eigenvalue weighted by Gasteiger charge is 2.14. The van der Waals surface area contributed by atoms with Crippen molar-refractivity contribution in [2.24, 2.45) is 5.10 Å². The van der Waals surface area contributed by atoms with Crippen LogP contribution in [-0.2, 0) is 16.2 Å². The van der Waals surface area contributed by atoms with E-state index in [2.05, 4.69) is 31.8 Å². The summed E-state index contributed by atoms with van der Waals surface area (Å²) in [5.41, 5.74) is 4.69. The molecule has 0 aliphatic carbocycles. The maximum Gasteiger partial charge on any atom is 0.329 e. The zero-order valence-electron chi connectivity index (χ0n) is 17.9. The van der Waals surface area contributed by atoms with Crippen molar-refractivity contribution >= 4 is 39.6 Å². The van der Waals surface area contributed by atoms with Gasteiger partial charge in [0.1, 0.15) is 12.4 Å². The van der Waals surface area contributed by atoms with Crippen LogP contribution in [0.3, 0.4) is 0 Å². The molecule has 0 atom stereocenters. The summed E-state index contributed by atoms with van der Waals surface area (Å²) in [4.78, 5) is 24.0. The number of rotatable bonds is 7. The van der Waals surface area contributed by atoms with Crippen LogP contribution in [0.25, 0.3) is 0 Å². The average Bonchev–Trinajstić information content (AvgIpc) is 2.80. The summed E-state index contributed by atoms with van der Waals surface area (Å²) >= 11 is 3.41. The van der Waals surface area contributed by atoms with Gasteiger partial charge in [-0.05, 0) is 58.7 Å². The topological polar surface area (TPSA) is 89.0 Å². The number of anilines is 1. The van der Waals surface area contributed by atoms with E-state index >= 15 is 0 Å². The van der Waals surface area contributed by atoms with Gasteiger partial charge >= 0.3 is 11.8 Å². The lowest BCUT2D eigenvalue weighted by Crippen LogP contribution is -2.32. The quantitative estimate of drug-likeness (QED) is 0.275. The van der Waals surface area contributed by atoms with Crippen molar-refractivity contribution in [2.45, 2.75) is 13.5 Å². The van der Waals surface area contributed by atoms with Gasteiger partial charge in [-0.25, -0.2) is 9.82 Å². The first-order chi connectivity index (χ1) is 15.9. The molecule has 0 unspecified atom stereocenters. The summed E-state index contributed by atoms with van der Waals surface area (Å²) in [6.45, 7) is 1.93. The largest absolute Gasteiger partial charge is 0.493 e. The fourth-order valence-electron chi connectivity index (χ4n) is 2.76. The van der Waals surface area contributed by atoms with Crippen molar-refractivity contribution in [3.63, 3.8) is 0 Å². The van der Waals surface area contributed by atoms with Crippen molar-refractivity contribution in [3.8, 4) is 11.5 Å². The Kier molecular flexibility index (Phi) is 8.15. The molecule has 170 valence electrons. The first-order valence-electron chi connectivity index (χ1n) is 9.82. The highest BCUT2D eigenvalue weighted by molar-refractivity contribution is 9.10. The molecular formula is C24H21BrFN3O4. The Morgan fingerprint density at radius 3 is 2.52 bits per heavy atom. The Hall–Kier alpha value is -3.72. The predicted octanol–water partition coefficient (Wildman–Crippen LogP) is 4.57. The fraction of sp³-hybridized carbons (Fsp3) is 0.125. The Balaban J connectivity index is 1.62. The van der Waals surface area contributed by atoms with Gasteiger partial charge in [0.25, 0.3) is 0 Å². The van der Waals surface area contributed by atoms with E-state index in [4.69, 9.17) is 9.47 Å². The maximum absolute atomic E-state index is 13.8. The van der Waals surface area contributed by atoms with Crippen LogP contribution in [0.2, 0.25) is 0 Å². The molecule has 3 aromatic rings. The highest BCUT2D eigenvalue weighted by atomic mass is 79.9. The molecule has 7 nitrogen and oxygen atoms in total. The number of methoxy groups -OCH3 is 1. The number of hydrogen-bond acceptors (Lipinski definition) is 5. The van der Waals surface area contributed by atoms with Gasteiger partial charge in [0.2, 0.25) is 0 Å². The number of hydrazone groups is 1. The number of halogens is 2. The lowest BCUT2D eigenvalue weighted by molar-refractivity contribution is -0.136. The highest BCUT2D eigenvalue weighted by Crippen LogP contribution is 2.37. The molecule has 0 fully saturated rings. The van der Waals surface area contributed by atoms with Crippen LogP contribution in [0, 0.1) is 12.7 Å². The third-order valence-corrected chi connectivity index (χ3v) is 5.07. The molecule has 0 aliphatic heterocycles. The first kappa shape index (κ1) is 23.9. The Morgan fingerprint density at radius 2 is 1.82 bits per heavy atom. The summed E-state index contributed by atoms with van der Waals surface area (Å²) in [5, 5.41) is 6.31. The molecule has 33 heavy (non-hydrogen) atoms. The monoisotopic (exact) mass is 513 g/mol. The van der Waals surface area contributed by atoms with Crippen molar-refractivity contribution in [1.29, 1.82) is 0 Å². The molecule has 0 aromatic heterocycles. The number of aryl methyl sites for hydroxylation is 1. The van der Waals surface area contributed by atoms with Gasteiger partial charge in [-0.3, -0.25) is 9.59 Å². The molecule has 0 heterocycles. The van der Waals surface area contributed by atoms with Gasteiger partial charge in [-0.1, -0.05) is 35.9 Å². The van der Waals surface area contributed by atoms with Crippen molar-refractivity contribution < 1.29 is 23.5 Å². The van der Waals surface area contributed by atoms with E-state index in [0.29, 0.717) is 32.8 Å². The third-order valence-electron chi connectivity index (χ3n) is 4.48. The molecule has 0 bridgehead atoms. The van der Waals surface area contributed by atoms with E-state index in [1.54, 1.807) is 42.5 Å². The van der Waals surface area contributed by atoms with Gasteiger partial charge in [0.05, 0.1) is 17.8 Å². The normalized spacial score (nSPS) is 10.7. The van der Waals surface area contributed by atoms with E-state index in [1.165, 1.54) is 19.4 Å². The molecule has 0 radical (unpaired) electrons. The minimum atomic E-state index is -0.914. The smallest absolute Gasteiger partial charge is 0.329 e. The standard InChI is InChI=1S/C24H21BrFN3O4/c1-15-7-9-18(10-8-15)28-23(30)24(31)29-27-13-16-11-19(25)22(21(12-16)32-2)33-14-17-5-3-4-6-20(17)26/h3-13H,14H2,1-2H3,(H,28,30)(H,29,31). The van der Waals surface area contributed by atoms with Crippen LogP contribution in [0.1, 0.15) is 16.7 Å². The summed E-state index contributed by atoms with van der Waals surface area (Å²) in [6, 6.07) is 16.7. The van der Waals surface area contributed by atoms with Crippen molar-refractivity contribution in [3.05, 3.63) is 87.6 Å². The number of nitrogens with one attached hydrogen (secondary N) is 2. The third kappa shape index (κ3) is 6.63. The number of carbonyl (C=O) groups excluding carboxylic acids is 2. The first-order valence-corrected chi connectivity index (χ1v) is 10.6. The van der Waals surface area contributed by atoms with E-state index in [-0.39, 0.29) is 12.4 Å². The van der Waals surface area contributed by atoms with Gasteiger partial charge in [-0.15, -0.1) is 0 Å². The van der Waals surface area contributed by atoms with E-state index in [0.717, 1.165) is 5.56 Å². The second-order valence-electron chi connectivity index (χ2n) is 6.93. The maximum atomic E-state index is 13.8. The summed E-state index contributed by atoms with van der Waals surface area (Å²) in [5.74, 6) is -1.35. The second-order valence-corrected chi connectivity index (χ2v) is 7.79. The van der Waals surface area contributed by atoms with Gasteiger partial charge < -0.3 is 14.8 Å². The van der Waals surface area contributed by atoms with Crippen LogP contribution in [0.5, 0.6) is 11.5 Å². The number of nitrogens with zero attached hydrogens (tertiary/aromatic N) is 1. The van der Waals surface area contributed by atoms with E-state index < -0.39 is 11.8 Å². The number of carbonyl (C=O) groups is 2. The van der Waals surface area contributed by atoms with Crippen molar-refractivity contribution in [1.82, 2.24) is 5.43 Å². The molecule has 2 N–H and O–H groups in total. The molecule has 0 aliphatic rings. The fourth-order valence-corrected chi connectivity index (χ4v) is 3.33. The Labute approximate surface area is 198 Å². The Morgan fingerprint density at radius 1 is 1.09 bits per heavy atom. The lowest BCUT2D eigenvalue weighted by atomic mass is 10.2. The number of amides is 2. The molecular weight excluding hydrogens is 493 g/mol. The predicted molar refractivity (Wildman–Crippen MR) is 127 cm³/mol. The molecule has 9 heteroatoms. The lowest BCUT2D eigenvalue weighted by Gasteiger charge is -2.14. The zero-order chi connectivity index (χ0) is 23.8. The molecule has 0 saturated carbocycles. The molecule has 3 rings (SSSR count). The minimum absolute atomic E-state index is 0.0151. The van der Waals surface area contributed by atoms with Crippen LogP contribution in [0.15, 0.2) is 70.2 Å². The average molecular weight is 514 g/mol. The molecule has 3 aromatic carbocycles. The number of benzene rings is 3. The molecule has 0 saturated heterocycles. The minimum Gasteiger partial charge on any atom is -0.493 e. The number of hydrogen-bond donors (Lipinski definition) is 2. The van der Waals surface area contributed by atoms with Gasteiger partial charge in [0.15, 0.2) is 11.5 Å². The summed E-state index contributed by atoms with van der Waals surface area (Å²) < 4.78 is 25.5. The Bertz CT molecular complexity index is 1180. The van der Waals surface area contributed by atoms with Crippen LogP contribution < -0.4 is 20.2 Å². The zero-order valence-corrected chi connectivity index (χ0v) is 19.5. The van der Waals surface area contributed by atoms with Crippen LogP contribution in [-0.4, -0.2) is 25.1 Å². The SMILES string of the molecule is COc1cc(C=NNC(=O)C(=O)Nc2ccc(C)cc2)cc(Br)c1OCc1ccccc1F. The van der Waals surface area contributed by atoms with Crippen LogP contribution >= 0.6 is 15.9 Å². The van der Waals surface area contributed by atoms with Crippen molar-refractivity contribution in [2.75, 3.05) is 12.4 Å². The molecule has 2 amide bonds. The summed E-state index contributed by atoms with van der Waals surface area (Å²) in [6.07, 6.45) is 1.35. The summed E-state index contributed by atoms with van der Waals surface area (Å²) in [7, 11) is 1.47. The second kappa shape index (κ2) is 11.2. The van der Waals surface area contributed by atoms with E-state index in [1.807, 2.05) is 19.1 Å². The van der Waals surface area contributed by atoms with E-state index in [9.17, 15) is 14.0 Å². The molecule has 0 spiro atoms. The van der Waals surface area contributed by atoms with Gasteiger partial charge in [-0.2, -0.15) is 5.10 Å². The van der Waals surface area contributed by atoms with Gasteiger partial charge in [0, 0.05) is 11.3 Å². The number of ether oxygens (including phenoxy) is 2. The van der Waals surface area contributed by atoms with Crippen LogP contribution in [0.4, 0.5) is 10.1 Å².